The summed E-state index contributed by atoms with van der Waals surface area (Å²) in [5.74, 6) is 2.39. The summed E-state index contributed by atoms with van der Waals surface area (Å²) in [5, 5.41) is 3.31. The third-order valence-electron chi connectivity index (χ3n) is 2.98. The van der Waals surface area contributed by atoms with Crippen molar-refractivity contribution < 1.29 is 14.2 Å². The molecule has 118 valence electrons. The van der Waals surface area contributed by atoms with Crippen molar-refractivity contribution in [3.63, 3.8) is 0 Å². The lowest BCUT2D eigenvalue weighted by molar-refractivity contribution is 0.242. The van der Waals surface area contributed by atoms with Crippen molar-refractivity contribution in [1.29, 1.82) is 0 Å². The number of methoxy groups -OCH3 is 1. The van der Waals surface area contributed by atoms with E-state index in [1.54, 1.807) is 7.11 Å². The predicted octanol–water partition coefficient (Wildman–Crippen LogP) is 3.97. The maximum atomic E-state index is 5.71. The minimum Gasteiger partial charge on any atom is -0.493 e. The van der Waals surface area contributed by atoms with Crippen LogP contribution >= 0.6 is 0 Å². The van der Waals surface area contributed by atoms with E-state index in [0.29, 0.717) is 13.2 Å². The normalized spacial score (nSPS) is 10.4. The summed E-state index contributed by atoms with van der Waals surface area (Å²) in [4.78, 5) is 0. The Bertz CT molecular complexity index is 567. The second-order valence-electron chi connectivity index (χ2n) is 5.12. The highest BCUT2D eigenvalue weighted by Gasteiger charge is 2.02. The van der Waals surface area contributed by atoms with Gasteiger partial charge in [0, 0.05) is 12.2 Å². The predicted molar refractivity (Wildman–Crippen MR) is 89.2 cm³/mol. The molecule has 0 fully saturated rings. The van der Waals surface area contributed by atoms with E-state index in [0.717, 1.165) is 22.9 Å². The van der Waals surface area contributed by atoms with Crippen LogP contribution in [0.1, 0.15) is 13.8 Å². The second kappa shape index (κ2) is 8.17. The fourth-order valence-electron chi connectivity index (χ4n) is 2.02. The van der Waals surface area contributed by atoms with Crippen molar-refractivity contribution in [2.24, 2.45) is 0 Å². The zero-order chi connectivity index (χ0) is 15.8. The highest BCUT2D eigenvalue weighted by molar-refractivity contribution is 5.46. The summed E-state index contributed by atoms with van der Waals surface area (Å²) in [6.07, 6.45) is 0.188. The van der Waals surface area contributed by atoms with Crippen molar-refractivity contribution >= 4 is 5.69 Å². The molecular weight excluding hydrogens is 278 g/mol. The monoisotopic (exact) mass is 301 g/mol. The number of rotatable bonds is 8. The third-order valence-corrected chi connectivity index (χ3v) is 2.98. The molecule has 0 aromatic heterocycles. The Morgan fingerprint density at radius 3 is 2.27 bits per heavy atom. The zero-order valence-corrected chi connectivity index (χ0v) is 13.3. The summed E-state index contributed by atoms with van der Waals surface area (Å²) in [5.41, 5.74) is 1.04. The van der Waals surface area contributed by atoms with Crippen LogP contribution in [-0.4, -0.2) is 26.4 Å². The zero-order valence-electron chi connectivity index (χ0n) is 13.3. The highest BCUT2D eigenvalue weighted by Crippen LogP contribution is 2.25. The van der Waals surface area contributed by atoms with Crippen molar-refractivity contribution in [2.45, 2.75) is 20.0 Å². The first-order valence-electron chi connectivity index (χ1n) is 7.45. The van der Waals surface area contributed by atoms with Crippen LogP contribution in [0.15, 0.2) is 48.5 Å². The van der Waals surface area contributed by atoms with Gasteiger partial charge < -0.3 is 19.5 Å². The molecule has 22 heavy (non-hydrogen) atoms. The van der Waals surface area contributed by atoms with Crippen LogP contribution in [0.5, 0.6) is 17.2 Å². The van der Waals surface area contributed by atoms with Crippen LogP contribution in [0.25, 0.3) is 0 Å². The molecule has 1 N–H and O–H groups in total. The number of hydrogen-bond acceptors (Lipinski definition) is 4. The Labute approximate surface area is 132 Å². The van der Waals surface area contributed by atoms with Gasteiger partial charge in [-0.2, -0.15) is 0 Å². The van der Waals surface area contributed by atoms with Crippen LogP contribution in [0, 0.1) is 0 Å². The van der Waals surface area contributed by atoms with Crippen LogP contribution in [0.4, 0.5) is 5.69 Å². The standard InChI is InChI=1S/C18H23NO3/c1-14(2)22-16-10-8-15(9-11-16)19-12-13-21-18-7-5-4-6-17(18)20-3/h4-11,14,19H,12-13H2,1-3H3. The topological polar surface area (TPSA) is 39.7 Å². The first kappa shape index (κ1) is 16.0. The summed E-state index contributed by atoms with van der Waals surface area (Å²) in [6, 6.07) is 15.6. The Morgan fingerprint density at radius 2 is 1.64 bits per heavy atom. The number of benzene rings is 2. The van der Waals surface area contributed by atoms with E-state index in [1.165, 1.54) is 0 Å². The van der Waals surface area contributed by atoms with Crippen LogP contribution in [0.3, 0.4) is 0 Å². The Balaban J connectivity index is 1.76. The molecule has 0 aliphatic carbocycles. The molecule has 0 heterocycles. The van der Waals surface area contributed by atoms with E-state index >= 15 is 0 Å². The molecule has 0 unspecified atom stereocenters. The van der Waals surface area contributed by atoms with Crippen molar-refractivity contribution in [2.75, 3.05) is 25.6 Å². The SMILES string of the molecule is COc1ccccc1OCCNc1ccc(OC(C)C)cc1. The lowest BCUT2D eigenvalue weighted by Gasteiger charge is -2.12. The lowest BCUT2D eigenvalue weighted by atomic mass is 10.3. The van der Waals surface area contributed by atoms with Gasteiger partial charge in [0.15, 0.2) is 11.5 Å². The van der Waals surface area contributed by atoms with E-state index < -0.39 is 0 Å². The van der Waals surface area contributed by atoms with Gasteiger partial charge in [-0.3, -0.25) is 0 Å². The number of hydrogen-bond donors (Lipinski definition) is 1. The molecule has 4 nitrogen and oxygen atoms in total. The molecule has 2 rings (SSSR count). The van der Waals surface area contributed by atoms with E-state index in [2.05, 4.69) is 5.32 Å². The van der Waals surface area contributed by atoms with Gasteiger partial charge in [-0.1, -0.05) is 12.1 Å². The summed E-state index contributed by atoms with van der Waals surface area (Å²) >= 11 is 0. The first-order chi connectivity index (χ1) is 10.7. The highest BCUT2D eigenvalue weighted by atomic mass is 16.5. The van der Waals surface area contributed by atoms with Crippen LogP contribution < -0.4 is 19.5 Å². The molecule has 0 bridgehead atoms. The summed E-state index contributed by atoms with van der Waals surface area (Å²) in [6.45, 7) is 5.30. The molecular formula is C18H23NO3. The second-order valence-corrected chi connectivity index (χ2v) is 5.12. The fraction of sp³-hybridized carbons (Fsp3) is 0.333. The van der Waals surface area contributed by atoms with Crippen molar-refractivity contribution in [1.82, 2.24) is 0 Å². The van der Waals surface area contributed by atoms with Gasteiger partial charge in [-0.15, -0.1) is 0 Å². The summed E-state index contributed by atoms with van der Waals surface area (Å²) in [7, 11) is 1.64. The van der Waals surface area contributed by atoms with E-state index in [4.69, 9.17) is 14.2 Å². The van der Waals surface area contributed by atoms with Crippen LogP contribution in [-0.2, 0) is 0 Å². The first-order valence-corrected chi connectivity index (χ1v) is 7.45. The number of nitrogens with one attached hydrogen (secondary N) is 1. The molecule has 2 aromatic rings. The van der Waals surface area contributed by atoms with Crippen LogP contribution in [0.2, 0.25) is 0 Å². The molecule has 0 atom stereocenters. The van der Waals surface area contributed by atoms with Crippen molar-refractivity contribution in [3.05, 3.63) is 48.5 Å². The molecule has 0 saturated carbocycles. The Morgan fingerprint density at radius 1 is 0.955 bits per heavy atom. The molecule has 2 aromatic carbocycles. The maximum absolute atomic E-state index is 5.71. The van der Waals surface area contributed by atoms with E-state index in [9.17, 15) is 0 Å². The quantitative estimate of drug-likeness (QED) is 0.749. The largest absolute Gasteiger partial charge is 0.493 e. The third kappa shape index (κ3) is 4.88. The fourth-order valence-corrected chi connectivity index (χ4v) is 2.02. The van der Waals surface area contributed by atoms with E-state index in [-0.39, 0.29) is 6.10 Å². The van der Waals surface area contributed by atoms with Gasteiger partial charge >= 0.3 is 0 Å². The molecule has 0 radical (unpaired) electrons. The van der Waals surface area contributed by atoms with Gasteiger partial charge in [0.05, 0.1) is 13.2 Å². The molecule has 0 aliphatic heterocycles. The van der Waals surface area contributed by atoms with Crippen molar-refractivity contribution in [3.8, 4) is 17.2 Å². The van der Waals surface area contributed by atoms with Gasteiger partial charge in [-0.05, 0) is 50.2 Å². The molecule has 4 heteroatoms. The number of anilines is 1. The molecule has 0 amide bonds. The minimum atomic E-state index is 0.188. The van der Waals surface area contributed by atoms with Gasteiger partial charge in [0.1, 0.15) is 12.4 Å². The van der Waals surface area contributed by atoms with E-state index in [1.807, 2.05) is 62.4 Å². The molecule has 0 aliphatic rings. The Kier molecular flexibility index (Phi) is 5.95. The van der Waals surface area contributed by atoms with Gasteiger partial charge in [0.25, 0.3) is 0 Å². The maximum Gasteiger partial charge on any atom is 0.161 e. The smallest absolute Gasteiger partial charge is 0.161 e. The number of ether oxygens (including phenoxy) is 3. The minimum absolute atomic E-state index is 0.188. The molecule has 0 spiro atoms. The average Bonchev–Trinajstić information content (AvgIpc) is 2.53. The number of para-hydroxylation sites is 2. The van der Waals surface area contributed by atoms with Gasteiger partial charge in [0.2, 0.25) is 0 Å². The summed E-state index contributed by atoms with van der Waals surface area (Å²) < 4.78 is 16.6. The Hall–Kier alpha value is -2.36. The average molecular weight is 301 g/mol. The lowest BCUT2D eigenvalue weighted by Crippen LogP contribution is -2.12. The van der Waals surface area contributed by atoms with Gasteiger partial charge in [-0.25, -0.2) is 0 Å². The molecule has 0 saturated heterocycles.